The van der Waals surface area contributed by atoms with E-state index in [-0.39, 0.29) is 5.56 Å². The standard InChI is InChI=1S/C13H18N4O7/c18-5-7-8(19)9(20)10(21)12(24-7)15-13(23)17-16-11(22)6-1-3-14-4-2-6/h1-4,7-10,12,18-21H,5H2,(H,16,22)(H2,15,17,23)/t7-,8+,9+,10-,12-/m1/s1. The van der Waals surface area contributed by atoms with Crippen LogP contribution in [0.4, 0.5) is 4.79 Å². The van der Waals surface area contributed by atoms with Gasteiger partial charge in [0, 0.05) is 18.0 Å². The molecule has 0 saturated carbocycles. The molecular weight excluding hydrogens is 324 g/mol. The molecule has 132 valence electrons. The summed E-state index contributed by atoms with van der Waals surface area (Å²) in [6.45, 7) is -0.622. The highest BCUT2D eigenvalue weighted by atomic mass is 16.6. The molecule has 1 aromatic rings. The quantitative estimate of drug-likeness (QED) is 0.282. The molecule has 11 heteroatoms. The Labute approximate surface area is 136 Å². The predicted octanol–water partition coefficient (Wildman–Crippen LogP) is -3.17. The van der Waals surface area contributed by atoms with Gasteiger partial charge in [0.1, 0.15) is 24.4 Å². The van der Waals surface area contributed by atoms with Crippen LogP contribution in [0.2, 0.25) is 0 Å². The molecular formula is C13H18N4O7. The summed E-state index contributed by atoms with van der Waals surface area (Å²) in [5.74, 6) is -0.596. The van der Waals surface area contributed by atoms with Gasteiger partial charge in [0.25, 0.3) is 5.91 Å². The number of carbonyl (C=O) groups is 2. The van der Waals surface area contributed by atoms with Gasteiger partial charge >= 0.3 is 6.03 Å². The first-order valence-electron chi connectivity index (χ1n) is 7.01. The summed E-state index contributed by atoms with van der Waals surface area (Å²) in [5, 5.41) is 40.2. The first-order valence-corrected chi connectivity index (χ1v) is 7.01. The lowest BCUT2D eigenvalue weighted by molar-refractivity contribution is -0.233. The SMILES string of the molecule is O=C(NNC(=O)c1ccncc1)N[C@@H]1O[C@H](CO)[C@H](O)[C@H](O)[C@H]1O. The number of nitrogens with zero attached hydrogens (tertiary/aromatic N) is 1. The smallest absolute Gasteiger partial charge is 0.335 e. The molecule has 5 atom stereocenters. The van der Waals surface area contributed by atoms with E-state index in [1.807, 2.05) is 5.43 Å². The third-order valence-corrected chi connectivity index (χ3v) is 3.40. The van der Waals surface area contributed by atoms with E-state index >= 15 is 0 Å². The summed E-state index contributed by atoms with van der Waals surface area (Å²) in [7, 11) is 0. The van der Waals surface area contributed by atoms with Crippen molar-refractivity contribution < 1.29 is 34.8 Å². The maximum atomic E-state index is 11.7. The fourth-order valence-electron chi connectivity index (χ4n) is 2.08. The van der Waals surface area contributed by atoms with E-state index in [0.29, 0.717) is 0 Å². The molecule has 0 aliphatic carbocycles. The van der Waals surface area contributed by atoms with Crippen LogP contribution in [0.15, 0.2) is 24.5 Å². The van der Waals surface area contributed by atoms with Crippen molar-refractivity contribution in [3.05, 3.63) is 30.1 Å². The zero-order valence-electron chi connectivity index (χ0n) is 12.4. The van der Waals surface area contributed by atoms with Gasteiger partial charge in [0.2, 0.25) is 0 Å². The van der Waals surface area contributed by atoms with Crippen molar-refractivity contribution >= 4 is 11.9 Å². The number of nitrogens with one attached hydrogen (secondary N) is 3. The molecule has 0 radical (unpaired) electrons. The van der Waals surface area contributed by atoms with Gasteiger partial charge in [0.05, 0.1) is 6.61 Å². The first kappa shape index (κ1) is 18.0. The number of aromatic nitrogens is 1. The average molecular weight is 342 g/mol. The number of pyridine rings is 1. The highest BCUT2D eigenvalue weighted by Gasteiger charge is 2.44. The molecule has 7 N–H and O–H groups in total. The topological polar surface area (TPSA) is 173 Å². The zero-order valence-corrected chi connectivity index (χ0v) is 12.4. The summed E-state index contributed by atoms with van der Waals surface area (Å²) < 4.78 is 5.09. The second-order valence-electron chi connectivity index (χ2n) is 5.04. The normalized spacial score (nSPS) is 29.6. The lowest BCUT2D eigenvalue weighted by Gasteiger charge is -2.39. The second kappa shape index (κ2) is 7.99. The van der Waals surface area contributed by atoms with Crippen molar-refractivity contribution in [2.24, 2.45) is 0 Å². The van der Waals surface area contributed by atoms with E-state index in [0.717, 1.165) is 0 Å². The zero-order chi connectivity index (χ0) is 17.7. The van der Waals surface area contributed by atoms with Gasteiger partial charge in [-0.3, -0.25) is 15.2 Å². The summed E-state index contributed by atoms with van der Waals surface area (Å²) in [6, 6.07) is 1.95. The molecule has 1 fully saturated rings. The largest absolute Gasteiger partial charge is 0.394 e. The van der Waals surface area contributed by atoms with Gasteiger partial charge in [-0.05, 0) is 12.1 Å². The van der Waals surface area contributed by atoms with Crippen LogP contribution in [0.5, 0.6) is 0 Å². The molecule has 3 amide bonds. The number of aliphatic hydroxyl groups excluding tert-OH is 4. The number of urea groups is 1. The molecule has 2 heterocycles. The molecule has 0 aromatic carbocycles. The van der Waals surface area contributed by atoms with Crippen LogP contribution < -0.4 is 16.2 Å². The van der Waals surface area contributed by atoms with E-state index in [1.54, 1.807) is 0 Å². The van der Waals surface area contributed by atoms with E-state index in [9.17, 15) is 24.9 Å². The van der Waals surface area contributed by atoms with E-state index in [4.69, 9.17) is 9.84 Å². The van der Waals surface area contributed by atoms with Crippen LogP contribution in [0.3, 0.4) is 0 Å². The monoisotopic (exact) mass is 342 g/mol. The number of amides is 3. The van der Waals surface area contributed by atoms with Crippen molar-refractivity contribution in [3.63, 3.8) is 0 Å². The number of ether oxygens (including phenoxy) is 1. The maximum Gasteiger partial charge on any atom is 0.335 e. The second-order valence-corrected chi connectivity index (χ2v) is 5.04. The Morgan fingerprint density at radius 1 is 1.08 bits per heavy atom. The lowest BCUT2D eigenvalue weighted by Crippen LogP contribution is -2.64. The molecule has 24 heavy (non-hydrogen) atoms. The Morgan fingerprint density at radius 3 is 2.38 bits per heavy atom. The molecule has 0 unspecified atom stereocenters. The lowest BCUT2D eigenvalue weighted by atomic mass is 9.98. The molecule has 11 nitrogen and oxygen atoms in total. The number of hydrogen-bond acceptors (Lipinski definition) is 8. The molecule has 0 spiro atoms. The summed E-state index contributed by atoms with van der Waals surface area (Å²) >= 11 is 0. The molecule has 2 rings (SSSR count). The minimum absolute atomic E-state index is 0.262. The van der Waals surface area contributed by atoms with E-state index in [2.05, 4.69) is 15.7 Å². The van der Waals surface area contributed by atoms with Gasteiger partial charge < -0.3 is 30.5 Å². The van der Waals surface area contributed by atoms with Gasteiger partial charge in [-0.25, -0.2) is 10.2 Å². The van der Waals surface area contributed by atoms with E-state index in [1.165, 1.54) is 24.5 Å². The molecule has 1 aliphatic heterocycles. The van der Waals surface area contributed by atoms with Gasteiger partial charge in [-0.15, -0.1) is 0 Å². The number of hydrazine groups is 1. The minimum atomic E-state index is -1.62. The van der Waals surface area contributed by atoms with Crippen molar-refractivity contribution in [1.82, 2.24) is 21.2 Å². The van der Waals surface area contributed by atoms with Gasteiger partial charge in [-0.2, -0.15) is 0 Å². The fraction of sp³-hybridized carbons (Fsp3) is 0.462. The third-order valence-electron chi connectivity index (χ3n) is 3.40. The highest BCUT2D eigenvalue weighted by Crippen LogP contribution is 2.19. The van der Waals surface area contributed by atoms with Crippen molar-refractivity contribution in [2.45, 2.75) is 30.6 Å². The first-order chi connectivity index (χ1) is 11.4. The number of hydrogen-bond donors (Lipinski definition) is 7. The molecule has 1 aromatic heterocycles. The Hall–Kier alpha value is -2.31. The van der Waals surface area contributed by atoms with Crippen LogP contribution in [0.25, 0.3) is 0 Å². The third kappa shape index (κ3) is 4.15. The molecule has 1 aliphatic rings. The van der Waals surface area contributed by atoms with Gasteiger partial charge in [-0.1, -0.05) is 0 Å². The fourth-order valence-corrected chi connectivity index (χ4v) is 2.08. The Bertz CT molecular complexity index is 571. The Kier molecular flexibility index (Phi) is 6.00. The van der Waals surface area contributed by atoms with Crippen LogP contribution in [-0.2, 0) is 4.74 Å². The number of carbonyl (C=O) groups excluding carboxylic acids is 2. The molecule has 0 bridgehead atoms. The van der Waals surface area contributed by atoms with Crippen LogP contribution in [0.1, 0.15) is 10.4 Å². The average Bonchev–Trinajstić information content (AvgIpc) is 2.60. The van der Waals surface area contributed by atoms with Crippen molar-refractivity contribution in [2.75, 3.05) is 6.61 Å². The van der Waals surface area contributed by atoms with Crippen LogP contribution in [0, 0.1) is 0 Å². The Balaban J connectivity index is 1.86. The maximum absolute atomic E-state index is 11.7. The number of rotatable bonds is 3. The van der Waals surface area contributed by atoms with Gasteiger partial charge in [0.15, 0.2) is 6.23 Å². The van der Waals surface area contributed by atoms with Crippen molar-refractivity contribution in [3.8, 4) is 0 Å². The van der Waals surface area contributed by atoms with Crippen LogP contribution in [-0.4, -0.2) is 74.6 Å². The van der Waals surface area contributed by atoms with E-state index < -0.39 is 49.2 Å². The molecule has 1 saturated heterocycles. The van der Waals surface area contributed by atoms with Crippen molar-refractivity contribution in [1.29, 1.82) is 0 Å². The predicted molar refractivity (Wildman–Crippen MR) is 77.1 cm³/mol. The van der Waals surface area contributed by atoms with Crippen LogP contribution >= 0.6 is 0 Å². The highest BCUT2D eigenvalue weighted by molar-refractivity contribution is 5.95. The minimum Gasteiger partial charge on any atom is -0.394 e. The summed E-state index contributed by atoms with van der Waals surface area (Å²) in [6.07, 6.45) is -4.50. The summed E-state index contributed by atoms with van der Waals surface area (Å²) in [5.41, 5.74) is 4.42. The number of aliphatic hydroxyl groups is 4. The summed E-state index contributed by atoms with van der Waals surface area (Å²) in [4.78, 5) is 27.2. The Morgan fingerprint density at radius 2 is 1.75 bits per heavy atom.